The standard InChI is InChI=1S/C9H11ClN4S/c10-9-13-12-8(15-9)6-14(5-1-4-11)7-2-3-7/h7H,1-3,5-6H2. The second kappa shape index (κ2) is 4.88. The van der Waals surface area contributed by atoms with Gasteiger partial charge in [-0.2, -0.15) is 5.26 Å². The molecule has 1 fully saturated rings. The number of halogens is 1. The Hall–Kier alpha value is -0.700. The van der Waals surface area contributed by atoms with E-state index in [1.54, 1.807) is 0 Å². The van der Waals surface area contributed by atoms with Crippen molar-refractivity contribution in [3.63, 3.8) is 0 Å². The molecule has 4 nitrogen and oxygen atoms in total. The summed E-state index contributed by atoms with van der Waals surface area (Å²) in [5.74, 6) is 0. The molecule has 0 atom stereocenters. The van der Waals surface area contributed by atoms with Gasteiger partial charge < -0.3 is 0 Å². The van der Waals surface area contributed by atoms with Gasteiger partial charge >= 0.3 is 0 Å². The summed E-state index contributed by atoms with van der Waals surface area (Å²) in [5.41, 5.74) is 0. The molecule has 1 saturated carbocycles. The molecule has 1 heterocycles. The van der Waals surface area contributed by atoms with E-state index in [1.807, 2.05) is 0 Å². The maximum atomic E-state index is 8.56. The minimum atomic E-state index is 0.487. The van der Waals surface area contributed by atoms with Crippen molar-refractivity contribution >= 4 is 22.9 Å². The fourth-order valence-corrected chi connectivity index (χ4v) is 2.39. The number of hydrogen-bond donors (Lipinski definition) is 0. The van der Waals surface area contributed by atoms with Crippen LogP contribution in [0.25, 0.3) is 0 Å². The van der Waals surface area contributed by atoms with E-state index in [0.29, 0.717) is 16.9 Å². The quantitative estimate of drug-likeness (QED) is 0.793. The molecule has 1 aromatic rings. The van der Waals surface area contributed by atoms with Crippen LogP contribution in [0.1, 0.15) is 24.3 Å². The van der Waals surface area contributed by atoms with Gasteiger partial charge in [-0.3, -0.25) is 4.90 Å². The highest BCUT2D eigenvalue weighted by Crippen LogP contribution is 2.29. The lowest BCUT2D eigenvalue weighted by Gasteiger charge is -2.18. The van der Waals surface area contributed by atoms with Crippen LogP contribution in [0.3, 0.4) is 0 Å². The van der Waals surface area contributed by atoms with E-state index in [9.17, 15) is 0 Å². The van der Waals surface area contributed by atoms with Crippen molar-refractivity contribution in [1.29, 1.82) is 5.26 Å². The first-order chi connectivity index (χ1) is 7.29. The highest BCUT2D eigenvalue weighted by molar-refractivity contribution is 7.15. The number of rotatable bonds is 5. The highest BCUT2D eigenvalue weighted by Gasteiger charge is 2.29. The van der Waals surface area contributed by atoms with Crippen molar-refractivity contribution in [3.8, 4) is 6.07 Å². The van der Waals surface area contributed by atoms with Gasteiger partial charge in [-0.1, -0.05) is 11.3 Å². The monoisotopic (exact) mass is 242 g/mol. The Morgan fingerprint density at radius 1 is 1.53 bits per heavy atom. The first-order valence-corrected chi connectivity index (χ1v) is 6.08. The van der Waals surface area contributed by atoms with Crippen molar-refractivity contribution in [2.45, 2.75) is 31.8 Å². The summed E-state index contributed by atoms with van der Waals surface area (Å²) >= 11 is 7.13. The van der Waals surface area contributed by atoms with Gasteiger partial charge in [-0.15, -0.1) is 10.2 Å². The van der Waals surface area contributed by atoms with Gasteiger partial charge in [0.05, 0.1) is 12.6 Å². The Kier molecular flexibility index (Phi) is 3.52. The molecule has 80 valence electrons. The van der Waals surface area contributed by atoms with Crippen molar-refractivity contribution in [2.75, 3.05) is 6.54 Å². The zero-order valence-corrected chi connectivity index (χ0v) is 9.76. The Balaban J connectivity index is 1.91. The lowest BCUT2D eigenvalue weighted by atomic mass is 10.4. The number of hydrogen-bond acceptors (Lipinski definition) is 5. The maximum Gasteiger partial charge on any atom is 0.207 e. The van der Waals surface area contributed by atoms with Gasteiger partial charge in [0, 0.05) is 19.0 Å². The smallest absolute Gasteiger partial charge is 0.207 e. The molecule has 0 saturated heterocycles. The highest BCUT2D eigenvalue weighted by atomic mass is 35.5. The van der Waals surface area contributed by atoms with Crippen molar-refractivity contribution in [3.05, 3.63) is 9.47 Å². The molecule has 15 heavy (non-hydrogen) atoms. The molecular formula is C9H11ClN4S. The maximum absolute atomic E-state index is 8.56. The zero-order chi connectivity index (χ0) is 10.7. The van der Waals surface area contributed by atoms with Crippen LogP contribution in [0, 0.1) is 11.3 Å². The molecule has 1 aromatic heterocycles. The largest absolute Gasteiger partial charge is 0.293 e. The van der Waals surface area contributed by atoms with Crippen LogP contribution in [-0.2, 0) is 6.54 Å². The average Bonchev–Trinajstić information content (AvgIpc) is 2.98. The summed E-state index contributed by atoms with van der Waals surface area (Å²) in [7, 11) is 0. The van der Waals surface area contributed by atoms with Gasteiger partial charge in [-0.25, -0.2) is 0 Å². The van der Waals surface area contributed by atoms with Gasteiger partial charge in [0.15, 0.2) is 0 Å². The summed E-state index contributed by atoms with van der Waals surface area (Å²) in [6, 6.07) is 2.81. The Morgan fingerprint density at radius 3 is 2.87 bits per heavy atom. The summed E-state index contributed by atoms with van der Waals surface area (Å²) in [4.78, 5) is 2.29. The summed E-state index contributed by atoms with van der Waals surface area (Å²) < 4.78 is 0.487. The van der Waals surface area contributed by atoms with E-state index >= 15 is 0 Å². The molecule has 1 aliphatic carbocycles. The lowest BCUT2D eigenvalue weighted by molar-refractivity contribution is 0.260. The molecule has 0 bridgehead atoms. The minimum Gasteiger partial charge on any atom is -0.293 e. The second-order valence-corrected chi connectivity index (χ2v) is 5.20. The molecule has 0 aliphatic heterocycles. The number of nitriles is 1. The van der Waals surface area contributed by atoms with Gasteiger partial charge in [0.2, 0.25) is 4.47 Å². The molecule has 1 aliphatic rings. The Morgan fingerprint density at radius 2 is 2.33 bits per heavy atom. The van der Waals surface area contributed by atoms with Gasteiger partial charge in [0.1, 0.15) is 5.01 Å². The molecule has 0 aromatic carbocycles. The summed E-state index contributed by atoms with van der Waals surface area (Å²) in [6.45, 7) is 1.59. The molecule has 6 heteroatoms. The fourth-order valence-electron chi connectivity index (χ4n) is 1.49. The van der Waals surface area contributed by atoms with E-state index in [2.05, 4.69) is 21.2 Å². The van der Waals surface area contributed by atoms with Crippen LogP contribution in [0.2, 0.25) is 4.47 Å². The molecule has 0 radical (unpaired) electrons. The molecule has 0 spiro atoms. The SMILES string of the molecule is N#CCCN(Cc1nnc(Cl)s1)C1CC1. The van der Waals surface area contributed by atoms with Crippen LogP contribution in [0.5, 0.6) is 0 Å². The van der Waals surface area contributed by atoms with E-state index < -0.39 is 0 Å². The molecular weight excluding hydrogens is 232 g/mol. The topological polar surface area (TPSA) is 52.8 Å². The van der Waals surface area contributed by atoms with Crippen LogP contribution in [0.15, 0.2) is 0 Å². The first kappa shape index (κ1) is 10.8. The molecule has 0 N–H and O–H groups in total. The third-order valence-corrected chi connectivity index (χ3v) is 3.36. The predicted octanol–water partition coefficient (Wildman–Crippen LogP) is 2.07. The Bertz CT molecular complexity index is 368. The van der Waals surface area contributed by atoms with Crippen LogP contribution in [-0.4, -0.2) is 27.7 Å². The minimum absolute atomic E-state index is 0.487. The van der Waals surface area contributed by atoms with Crippen molar-refractivity contribution in [1.82, 2.24) is 15.1 Å². The summed E-state index contributed by atoms with van der Waals surface area (Å²) in [6.07, 6.45) is 3.04. The zero-order valence-electron chi connectivity index (χ0n) is 8.19. The van der Waals surface area contributed by atoms with Gasteiger partial charge in [0.25, 0.3) is 0 Å². The predicted molar refractivity (Wildman–Crippen MR) is 58.6 cm³/mol. The summed E-state index contributed by atoms with van der Waals surface area (Å²) in [5, 5.41) is 17.3. The van der Waals surface area contributed by atoms with Crippen LogP contribution < -0.4 is 0 Å². The van der Waals surface area contributed by atoms with E-state index in [0.717, 1.165) is 18.1 Å². The molecule has 0 unspecified atom stereocenters. The van der Waals surface area contributed by atoms with Gasteiger partial charge in [-0.05, 0) is 24.4 Å². The molecule has 2 rings (SSSR count). The number of nitrogens with zero attached hydrogens (tertiary/aromatic N) is 4. The van der Waals surface area contributed by atoms with E-state index in [4.69, 9.17) is 16.9 Å². The van der Waals surface area contributed by atoms with Crippen molar-refractivity contribution < 1.29 is 0 Å². The van der Waals surface area contributed by atoms with Crippen molar-refractivity contribution in [2.24, 2.45) is 0 Å². The number of aromatic nitrogens is 2. The van der Waals surface area contributed by atoms with Crippen LogP contribution in [0.4, 0.5) is 0 Å². The first-order valence-electron chi connectivity index (χ1n) is 4.88. The average molecular weight is 243 g/mol. The second-order valence-electron chi connectivity index (χ2n) is 3.56. The third kappa shape index (κ3) is 3.13. The van der Waals surface area contributed by atoms with Crippen LogP contribution >= 0.6 is 22.9 Å². The fraction of sp³-hybridized carbons (Fsp3) is 0.667. The van der Waals surface area contributed by atoms with E-state index in [1.165, 1.54) is 24.2 Å². The van der Waals surface area contributed by atoms with E-state index in [-0.39, 0.29) is 0 Å². The Labute approximate surface area is 97.5 Å². The molecule has 0 amide bonds. The normalized spacial score (nSPS) is 15.5. The third-order valence-electron chi connectivity index (χ3n) is 2.35. The lowest BCUT2D eigenvalue weighted by Crippen LogP contribution is -2.26.